The highest BCUT2D eigenvalue weighted by Gasteiger charge is 2.30. The quantitative estimate of drug-likeness (QED) is 0.580. The van der Waals surface area contributed by atoms with Gasteiger partial charge in [0.2, 0.25) is 5.91 Å². The first-order valence-corrected chi connectivity index (χ1v) is 11.5. The number of nitrogens with zero attached hydrogens (tertiary/aromatic N) is 4. The number of carbonyl (C=O) groups is 2. The minimum Gasteiger partial charge on any atom is -0.332 e. The minimum absolute atomic E-state index is 0.128. The van der Waals surface area contributed by atoms with E-state index < -0.39 is 0 Å². The van der Waals surface area contributed by atoms with Crippen LogP contribution in [-0.2, 0) is 11.2 Å². The number of carbonyl (C=O) groups excluding carboxylic acids is 2. The summed E-state index contributed by atoms with van der Waals surface area (Å²) in [4.78, 5) is 41.1. The zero-order chi connectivity index (χ0) is 23.0. The Kier molecular flexibility index (Phi) is 7.40. The summed E-state index contributed by atoms with van der Waals surface area (Å²) in [5.74, 6) is 0.501. The van der Waals surface area contributed by atoms with Crippen LogP contribution in [-0.4, -0.2) is 38.2 Å². The number of hydrogen-bond acceptors (Lipinski definition) is 5. The van der Waals surface area contributed by atoms with Crippen molar-refractivity contribution in [2.45, 2.75) is 51.5 Å². The number of nitrogens with one attached hydrogen (secondary N) is 1. The molecule has 1 fully saturated rings. The molecule has 7 nitrogen and oxygen atoms in total. The minimum atomic E-state index is -0.239. The number of hydrogen-bond donors (Lipinski definition) is 1. The van der Waals surface area contributed by atoms with Gasteiger partial charge in [-0.1, -0.05) is 24.3 Å². The number of aryl methyl sites for hydroxylation is 2. The third-order valence-electron chi connectivity index (χ3n) is 5.95. The van der Waals surface area contributed by atoms with Gasteiger partial charge in [0.05, 0.1) is 17.3 Å². The third-order valence-corrected chi connectivity index (χ3v) is 5.95. The molecule has 0 aliphatic carbocycles. The van der Waals surface area contributed by atoms with Crippen molar-refractivity contribution in [3.8, 4) is 0 Å². The van der Waals surface area contributed by atoms with Gasteiger partial charge >= 0.3 is 0 Å². The molecule has 3 aromatic rings. The molecule has 1 N–H and O–H groups in total. The molecule has 1 aliphatic heterocycles. The number of pyridine rings is 1. The van der Waals surface area contributed by atoms with Crippen LogP contribution >= 0.6 is 0 Å². The Balaban J connectivity index is 1.42. The smallest absolute Gasteiger partial charge is 0.259 e. The molecule has 4 rings (SSSR count). The van der Waals surface area contributed by atoms with Gasteiger partial charge in [0.15, 0.2) is 5.82 Å². The molecular weight excluding hydrogens is 414 g/mol. The van der Waals surface area contributed by atoms with Gasteiger partial charge in [0, 0.05) is 36.7 Å². The summed E-state index contributed by atoms with van der Waals surface area (Å²) in [7, 11) is 0. The standard InChI is InChI=1S/C26H29N5O2/c1-19-22(26(33)30-21-11-3-2-4-12-21)18-28-25(29-19)23-14-6-8-17-31(23)24(32)15-9-13-20-10-5-7-16-27-20/h2-5,7,10-12,16,18,23H,6,8-9,13-15,17H2,1H3,(H,30,33). The van der Waals surface area contributed by atoms with E-state index >= 15 is 0 Å². The summed E-state index contributed by atoms with van der Waals surface area (Å²) in [5.41, 5.74) is 2.78. The summed E-state index contributed by atoms with van der Waals surface area (Å²) in [6.07, 6.45) is 8.23. The molecule has 3 heterocycles. The molecule has 0 radical (unpaired) electrons. The number of likely N-dealkylation sites (tertiary alicyclic amines) is 1. The van der Waals surface area contributed by atoms with E-state index in [4.69, 9.17) is 0 Å². The predicted molar refractivity (Wildman–Crippen MR) is 127 cm³/mol. The van der Waals surface area contributed by atoms with E-state index in [1.165, 1.54) is 0 Å². The van der Waals surface area contributed by atoms with Crippen molar-refractivity contribution >= 4 is 17.5 Å². The Hall–Kier alpha value is -3.61. The van der Waals surface area contributed by atoms with Crippen LogP contribution in [0, 0.1) is 6.92 Å². The van der Waals surface area contributed by atoms with Crippen LogP contribution in [0.15, 0.2) is 60.9 Å². The van der Waals surface area contributed by atoms with Crippen LogP contribution in [0.2, 0.25) is 0 Å². The lowest BCUT2D eigenvalue weighted by Gasteiger charge is -2.35. The summed E-state index contributed by atoms with van der Waals surface area (Å²) in [5, 5.41) is 2.87. The van der Waals surface area contributed by atoms with Crippen LogP contribution in [0.1, 0.15) is 65.7 Å². The second kappa shape index (κ2) is 10.8. The molecular formula is C26H29N5O2. The van der Waals surface area contributed by atoms with Crippen molar-refractivity contribution in [3.05, 3.63) is 83.7 Å². The number of rotatable bonds is 7. The Morgan fingerprint density at radius 2 is 1.88 bits per heavy atom. The topological polar surface area (TPSA) is 88.1 Å². The van der Waals surface area contributed by atoms with Gasteiger partial charge in [-0.15, -0.1) is 0 Å². The number of amides is 2. The normalized spacial score (nSPS) is 15.8. The highest BCUT2D eigenvalue weighted by atomic mass is 16.2. The van der Waals surface area contributed by atoms with E-state index in [1.807, 2.05) is 60.4 Å². The molecule has 1 atom stereocenters. The van der Waals surface area contributed by atoms with Crippen molar-refractivity contribution in [3.63, 3.8) is 0 Å². The monoisotopic (exact) mass is 443 g/mol. The van der Waals surface area contributed by atoms with Gasteiger partial charge in [0.25, 0.3) is 5.91 Å². The Morgan fingerprint density at radius 1 is 1.06 bits per heavy atom. The molecule has 1 saturated heterocycles. The van der Waals surface area contributed by atoms with Gasteiger partial charge in [-0.3, -0.25) is 14.6 Å². The third kappa shape index (κ3) is 5.80. The van der Waals surface area contributed by atoms with E-state index in [0.717, 1.165) is 43.5 Å². The molecule has 7 heteroatoms. The van der Waals surface area contributed by atoms with E-state index in [0.29, 0.717) is 30.0 Å². The highest BCUT2D eigenvalue weighted by molar-refractivity contribution is 6.04. The fraction of sp³-hybridized carbons (Fsp3) is 0.346. The zero-order valence-electron chi connectivity index (χ0n) is 18.9. The van der Waals surface area contributed by atoms with E-state index in [1.54, 1.807) is 12.4 Å². The molecule has 1 aliphatic rings. The molecule has 33 heavy (non-hydrogen) atoms. The second-order valence-electron chi connectivity index (χ2n) is 8.32. The molecule has 2 amide bonds. The van der Waals surface area contributed by atoms with Crippen molar-refractivity contribution in [1.29, 1.82) is 0 Å². The zero-order valence-corrected chi connectivity index (χ0v) is 18.9. The summed E-state index contributed by atoms with van der Waals surface area (Å²) < 4.78 is 0. The summed E-state index contributed by atoms with van der Waals surface area (Å²) >= 11 is 0. The summed E-state index contributed by atoms with van der Waals surface area (Å²) in [6, 6.07) is 15.0. The van der Waals surface area contributed by atoms with Crippen molar-refractivity contribution < 1.29 is 9.59 Å². The van der Waals surface area contributed by atoms with Crippen LogP contribution < -0.4 is 5.32 Å². The first-order chi connectivity index (χ1) is 16.1. The number of para-hydroxylation sites is 1. The fourth-order valence-corrected chi connectivity index (χ4v) is 4.20. The maximum absolute atomic E-state index is 13.0. The Morgan fingerprint density at radius 3 is 2.64 bits per heavy atom. The lowest BCUT2D eigenvalue weighted by Crippen LogP contribution is -2.39. The van der Waals surface area contributed by atoms with E-state index in [2.05, 4.69) is 20.3 Å². The SMILES string of the molecule is Cc1nc(C2CCCCN2C(=O)CCCc2ccccn2)ncc1C(=O)Nc1ccccc1. The molecule has 0 saturated carbocycles. The molecule has 2 aromatic heterocycles. The van der Waals surface area contributed by atoms with E-state index in [-0.39, 0.29) is 17.9 Å². The van der Waals surface area contributed by atoms with Crippen molar-refractivity contribution in [2.24, 2.45) is 0 Å². The van der Waals surface area contributed by atoms with Crippen LogP contribution in [0.3, 0.4) is 0 Å². The summed E-state index contributed by atoms with van der Waals surface area (Å²) in [6.45, 7) is 2.53. The predicted octanol–water partition coefficient (Wildman–Crippen LogP) is 4.51. The molecule has 0 bridgehead atoms. The lowest BCUT2D eigenvalue weighted by molar-refractivity contribution is -0.135. The van der Waals surface area contributed by atoms with Gasteiger partial charge < -0.3 is 10.2 Å². The van der Waals surface area contributed by atoms with Crippen molar-refractivity contribution in [1.82, 2.24) is 19.9 Å². The van der Waals surface area contributed by atoms with Crippen LogP contribution in [0.4, 0.5) is 5.69 Å². The van der Waals surface area contributed by atoms with Gasteiger partial charge in [-0.25, -0.2) is 9.97 Å². The maximum Gasteiger partial charge on any atom is 0.259 e. The van der Waals surface area contributed by atoms with E-state index in [9.17, 15) is 9.59 Å². The van der Waals surface area contributed by atoms with Crippen LogP contribution in [0.25, 0.3) is 0 Å². The molecule has 1 unspecified atom stereocenters. The fourth-order valence-electron chi connectivity index (χ4n) is 4.20. The average molecular weight is 444 g/mol. The van der Waals surface area contributed by atoms with Crippen molar-refractivity contribution in [2.75, 3.05) is 11.9 Å². The number of benzene rings is 1. The second-order valence-corrected chi connectivity index (χ2v) is 8.32. The number of aromatic nitrogens is 3. The van der Waals surface area contributed by atoms with Gasteiger partial charge in [-0.2, -0.15) is 0 Å². The maximum atomic E-state index is 13.0. The molecule has 1 aromatic carbocycles. The first-order valence-electron chi connectivity index (χ1n) is 11.5. The molecule has 170 valence electrons. The Labute approximate surface area is 194 Å². The lowest BCUT2D eigenvalue weighted by atomic mass is 10.00. The van der Waals surface area contributed by atoms with Gasteiger partial charge in [0.1, 0.15) is 0 Å². The number of piperidine rings is 1. The average Bonchev–Trinajstić information content (AvgIpc) is 2.85. The number of anilines is 1. The first kappa shape index (κ1) is 22.6. The Bertz CT molecular complexity index is 1090. The van der Waals surface area contributed by atoms with Crippen LogP contribution in [0.5, 0.6) is 0 Å². The van der Waals surface area contributed by atoms with Gasteiger partial charge in [-0.05, 0) is 63.3 Å². The molecule has 0 spiro atoms. The highest BCUT2D eigenvalue weighted by Crippen LogP contribution is 2.30. The largest absolute Gasteiger partial charge is 0.332 e.